The number of rotatable bonds is 5. The number of benzene rings is 1. The van der Waals surface area contributed by atoms with Gasteiger partial charge in [-0.25, -0.2) is 0 Å². The van der Waals surface area contributed by atoms with Crippen molar-refractivity contribution in [2.45, 2.75) is 18.9 Å². The van der Waals surface area contributed by atoms with Crippen LogP contribution in [0.25, 0.3) is 0 Å². The van der Waals surface area contributed by atoms with Crippen LogP contribution in [-0.2, 0) is 0 Å². The second-order valence-electron chi connectivity index (χ2n) is 3.82. The zero-order chi connectivity index (χ0) is 10.7. The molecule has 1 fully saturated rings. The summed E-state index contributed by atoms with van der Waals surface area (Å²) in [7, 11) is 1.67. The monoisotopic (exact) mass is 318 g/mol. The fraction of sp³-hybridized carbons (Fsp3) is 0.500. The van der Waals surface area contributed by atoms with Gasteiger partial charge in [0.2, 0.25) is 0 Å². The van der Waals surface area contributed by atoms with Gasteiger partial charge in [-0.3, -0.25) is 0 Å². The second kappa shape index (κ2) is 5.05. The summed E-state index contributed by atoms with van der Waals surface area (Å²) >= 11 is 2.40. The molecule has 1 aliphatic carbocycles. The maximum Gasteiger partial charge on any atom is 0.120 e. The first-order valence-corrected chi connectivity index (χ1v) is 6.72. The van der Waals surface area contributed by atoms with Crippen molar-refractivity contribution in [3.63, 3.8) is 0 Å². The van der Waals surface area contributed by atoms with Crippen LogP contribution in [0.15, 0.2) is 24.3 Å². The minimum absolute atomic E-state index is 0.388. The van der Waals surface area contributed by atoms with Crippen LogP contribution in [0.5, 0.6) is 11.5 Å². The summed E-state index contributed by atoms with van der Waals surface area (Å²) < 4.78 is 12.1. The molecule has 0 amide bonds. The first kappa shape index (κ1) is 11.0. The molecule has 15 heavy (non-hydrogen) atoms. The van der Waals surface area contributed by atoms with E-state index in [9.17, 15) is 0 Å². The molecule has 0 spiro atoms. The largest absolute Gasteiger partial charge is 0.497 e. The van der Waals surface area contributed by atoms with E-state index in [-0.39, 0.29) is 0 Å². The maximum absolute atomic E-state index is 5.92. The molecular weight excluding hydrogens is 303 g/mol. The van der Waals surface area contributed by atoms with Crippen molar-refractivity contribution in [3.8, 4) is 11.5 Å². The van der Waals surface area contributed by atoms with Crippen molar-refractivity contribution in [2.24, 2.45) is 5.92 Å². The number of halogens is 1. The zero-order valence-corrected chi connectivity index (χ0v) is 10.9. The lowest BCUT2D eigenvalue weighted by Crippen LogP contribution is -2.20. The van der Waals surface area contributed by atoms with Gasteiger partial charge in [0.15, 0.2) is 0 Å². The first-order valence-electron chi connectivity index (χ1n) is 5.20. The summed E-state index contributed by atoms with van der Waals surface area (Å²) in [6.07, 6.45) is 3.03. The van der Waals surface area contributed by atoms with Gasteiger partial charge in [-0.15, -0.1) is 0 Å². The molecule has 0 aliphatic heterocycles. The third-order valence-corrected chi connectivity index (χ3v) is 3.51. The van der Waals surface area contributed by atoms with Gasteiger partial charge in [0, 0.05) is 4.43 Å². The van der Waals surface area contributed by atoms with Gasteiger partial charge < -0.3 is 9.47 Å². The van der Waals surface area contributed by atoms with Gasteiger partial charge in [-0.05, 0) is 43.0 Å². The lowest BCUT2D eigenvalue weighted by molar-refractivity contribution is 0.205. The van der Waals surface area contributed by atoms with E-state index in [1.165, 1.54) is 12.8 Å². The highest BCUT2D eigenvalue weighted by atomic mass is 127. The standard InChI is InChI=1S/C12H15IO2/c1-14-10-4-6-11(7-5-10)15-12(8-13)9-2-3-9/h4-7,9,12H,2-3,8H2,1H3. The van der Waals surface area contributed by atoms with Gasteiger partial charge in [0.05, 0.1) is 7.11 Å². The molecule has 1 aromatic carbocycles. The Kier molecular flexibility index (Phi) is 3.72. The Labute approximate surface area is 104 Å². The molecule has 1 saturated carbocycles. The highest BCUT2D eigenvalue weighted by Crippen LogP contribution is 2.35. The lowest BCUT2D eigenvalue weighted by atomic mass is 10.2. The van der Waals surface area contributed by atoms with Crippen LogP contribution in [0.2, 0.25) is 0 Å². The third kappa shape index (κ3) is 3.00. The summed E-state index contributed by atoms with van der Waals surface area (Å²) in [4.78, 5) is 0. The van der Waals surface area contributed by atoms with Crippen LogP contribution >= 0.6 is 22.6 Å². The van der Waals surface area contributed by atoms with Crippen LogP contribution in [0.1, 0.15) is 12.8 Å². The summed E-state index contributed by atoms with van der Waals surface area (Å²) in [6.45, 7) is 0. The van der Waals surface area contributed by atoms with Gasteiger partial charge >= 0.3 is 0 Å². The van der Waals surface area contributed by atoms with Crippen molar-refractivity contribution in [2.75, 3.05) is 11.5 Å². The summed E-state index contributed by atoms with van der Waals surface area (Å²) in [5, 5.41) is 0. The van der Waals surface area contributed by atoms with E-state index in [1.54, 1.807) is 7.11 Å². The van der Waals surface area contributed by atoms with Crippen molar-refractivity contribution in [1.82, 2.24) is 0 Å². The molecule has 2 rings (SSSR count). The Balaban J connectivity index is 1.96. The van der Waals surface area contributed by atoms with Crippen molar-refractivity contribution < 1.29 is 9.47 Å². The fourth-order valence-electron chi connectivity index (χ4n) is 1.55. The smallest absolute Gasteiger partial charge is 0.120 e. The van der Waals surface area contributed by atoms with E-state index in [0.717, 1.165) is 21.8 Å². The molecular formula is C12H15IO2. The average molecular weight is 318 g/mol. The molecule has 1 aromatic rings. The van der Waals surface area contributed by atoms with Gasteiger partial charge in [-0.1, -0.05) is 22.6 Å². The third-order valence-electron chi connectivity index (χ3n) is 2.65. The quantitative estimate of drug-likeness (QED) is 0.613. The summed E-state index contributed by atoms with van der Waals surface area (Å²) in [5.74, 6) is 2.60. The van der Waals surface area contributed by atoms with E-state index < -0.39 is 0 Å². The second-order valence-corrected chi connectivity index (χ2v) is 4.70. The van der Waals surface area contributed by atoms with Crippen LogP contribution in [0, 0.1) is 5.92 Å². The molecule has 0 radical (unpaired) electrons. The number of hydrogen-bond acceptors (Lipinski definition) is 2. The highest BCUT2D eigenvalue weighted by Gasteiger charge is 2.31. The molecule has 0 saturated heterocycles. The number of alkyl halides is 1. The van der Waals surface area contributed by atoms with Crippen LogP contribution in [0.4, 0.5) is 0 Å². The van der Waals surface area contributed by atoms with E-state index in [2.05, 4.69) is 22.6 Å². The SMILES string of the molecule is COc1ccc(OC(CI)C2CC2)cc1. The van der Waals surface area contributed by atoms with Crippen LogP contribution in [0.3, 0.4) is 0 Å². The van der Waals surface area contributed by atoms with Crippen molar-refractivity contribution >= 4 is 22.6 Å². The molecule has 82 valence electrons. The van der Waals surface area contributed by atoms with Gasteiger partial charge in [0.1, 0.15) is 17.6 Å². The van der Waals surface area contributed by atoms with Crippen LogP contribution in [-0.4, -0.2) is 17.6 Å². The summed E-state index contributed by atoms with van der Waals surface area (Å²) in [5.41, 5.74) is 0. The Hall–Kier alpha value is -0.450. The van der Waals surface area contributed by atoms with Gasteiger partial charge in [0.25, 0.3) is 0 Å². The molecule has 1 unspecified atom stereocenters. The Morgan fingerprint density at radius 2 is 1.87 bits per heavy atom. The zero-order valence-electron chi connectivity index (χ0n) is 8.78. The minimum atomic E-state index is 0.388. The molecule has 1 aliphatic rings. The molecule has 0 N–H and O–H groups in total. The number of ether oxygens (including phenoxy) is 2. The molecule has 0 bridgehead atoms. The predicted molar refractivity (Wildman–Crippen MR) is 69.0 cm³/mol. The van der Waals surface area contributed by atoms with E-state index >= 15 is 0 Å². The normalized spacial score (nSPS) is 17.2. The highest BCUT2D eigenvalue weighted by molar-refractivity contribution is 14.1. The predicted octanol–water partition coefficient (Wildman–Crippen LogP) is 3.29. The Morgan fingerprint density at radius 1 is 1.27 bits per heavy atom. The Bertz CT molecular complexity index is 306. The first-order chi connectivity index (χ1) is 7.33. The molecule has 2 nitrogen and oxygen atoms in total. The lowest BCUT2D eigenvalue weighted by Gasteiger charge is -2.16. The fourth-order valence-corrected chi connectivity index (χ4v) is 2.45. The van der Waals surface area contributed by atoms with E-state index in [4.69, 9.17) is 9.47 Å². The Morgan fingerprint density at radius 3 is 2.33 bits per heavy atom. The molecule has 0 heterocycles. The van der Waals surface area contributed by atoms with E-state index in [0.29, 0.717) is 6.10 Å². The molecule has 0 aromatic heterocycles. The van der Waals surface area contributed by atoms with Crippen molar-refractivity contribution in [1.29, 1.82) is 0 Å². The topological polar surface area (TPSA) is 18.5 Å². The van der Waals surface area contributed by atoms with Crippen LogP contribution < -0.4 is 9.47 Å². The maximum atomic E-state index is 5.92. The minimum Gasteiger partial charge on any atom is -0.497 e. The number of methoxy groups -OCH3 is 1. The van der Waals surface area contributed by atoms with Gasteiger partial charge in [-0.2, -0.15) is 0 Å². The average Bonchev–Trinajstić information content (AvgIpc) is 3.10. The van der Waals surface area contributed by atoms with E-state index in [1.807, 2.05) is 24.3 Å². The molecule has 1 atom stereocenters. The number of hydrogen-bond donors (Lipinski definition) is 0. The molecule has 3 heteroatoms. The summed E-state index contributed by atoms with van der Waals surface area (Å²) in [6, 6.07) is 7.82. The van der Waals surface area contributed by atoms with Crippen molar-refractivity contribution in [3.05, 3.63) is 24.3 Å².